The van der Waals surface area contributed by atoms with Crippen molar-refractivity contribution in [2.75, 3.05) is 3.02 Å². The first-order chi connectivity index (χ1) is 8.11. The quantitative estimate of drug-likeness (QED) is 0.408. The fraction of sp³-hybridized carbons (Fsp3) is 0.250. The van der Waals surface area contributed by atoms with E-state index in [0.29, 0.717) is 6.98 Å². The lowest BCUT2D eigenvalue weighted by molar-refractivity contribution is -0.525. The van der Waals surface area contributed by atoms with Crippen LogP contribution in [-0.2, 0) is 7.05 Å². The van der Waals surface area contributed by atoms with Crippen molar-refractivity contribution in [1.82, 2.24) is 4.57 Å². The minimum absolute atomic E-state index is 0.348. The number of rotatable bonds is 0. The summed E-state index contributed by atoms with van der Waals surface area (Å²) in [6.07, 6.45) is 4.28. The Bertz CT molecular complexity index is 593. The summed E-state index contributed by atoms with van der Waals surface area (Å²) in [5.74, 6) is 1.29. The van der Waals surface area contributed by atoms with Gasteiger partial charge in [0.25, 0.3) is 5.82 Å². The van der Waals surface area contributed by atoms with Gasteiger partial charge in [-0.2, -0.15) is 0 Å². The van der Waals surface area contributed by atoms with E-state index in [4.69, 9.17) is 0 Å². The summed E-state index contributed by atoms with van der Waals surface area (Å²) in [6, 6.07) is 6.50. The highest BCUT2D eigenvalue weighted by atomic mass is 127. The number of anilines is 1. The molecule has 0 amide bonds. The van der Waals surface area contributed by atoms with Gasteiger partial charge < -0.3 is 3.02 Å². The van der Waals surface area contributed by atoms with E-state index in [1.54, 1.807) is 0 Å². The Morgan fingerprint density at radius 3 is 2.88 bits per heavy atom. The molecule has 0 saturated heterocycles. The summed E-state index contributed by atoms with van der Waals surface area (Å²) in [6.45, 7) is 4.75. The highest BCUT2D eigenvalue weighted by Crippen LogP contribution is 2.37. The van der Waals surface area contributed by atoms with Gasteiger partial charge in [-0.1, -0.05) is 12.1 Å². The molecule has 1 aromatic carbocycles. The smallest absolute Gasteiger partial charge is 0.315 e. The van der Waals surface area contributed by atoms with Crippen LogP contribution in [0.15, 0.2) is 30.6 Å². The van der Waals surface area contributed by atoms with Crippen LogP contribution in [0.25, 0.3) is 11.4 Å². The molecular weight excluding hydrogens is 324 g/mol. The molecule has 0 N–H and O–H groups in total. The number of imidazole rings is 1. The molecule has 2 aromatic rings. The average molecular weight is 338 g/mol. The average Bonchev–Trinajstić information content (AvgIpc) is 2.68. The molecule has 0 saturated carbocycles. The molecule has 0 radical (unpaired) electrons. The van der Waals surface area contributed by atoms with Crippen molar-refractivity contribution in [3.63, 3.8) is 0 Å². The Labute approximate surface area is 116 Å². The maximum atomic E-state index is 2.40. The number of nitrogens with zero attached hydrogens (tertiary/aromatic N) is 3. The second-order valence-electron chi connectivity index (χ2n) is 4.55. The lowest BCUT2D eigenvalue weighted by Gasteiger charge is -2.27. The SMILES string of the molecule is CB1N(I)c2cccc(C)c2-c2n(C)cc[n+]21. The van der Waals surface area contributed by atoms with Crippen LogP contribution in [-0.4, -0.2) is 11.5 Å². The Kier molecular flexibility index (Phi) is 2.46. The van der Waals surface area contributed by atoms with Crippen LogP contribution in [0, 0.1) is 6.92 Å². The summed E-state index contributed by atoms with van der Waals surface area (Å²) >= 11 is 2.40. The van der Waals surface area contributed by atoms with E-state index >= 15 is 0 Å². The van der Waals surface area contributed by atoms with E-state index in [2.05, 4.69) is 86.3 Å². The van der Waals surface area contributed by atoms with E-state index in [9.17, 15) is 0 Å². The first-order valence-corrected chi connectivity index (χ1v) is 6.69. The maximum Gasteiger partial charge on any atom is 0.507 e. The third-order valence-corrected chi connectivity index (χ3v) is 4.79. The number of aromatic nitrogens is 2. The summed E-state index contributed by atoms with van der Waals surface area (Å²) < 4.78 is 6.82. The molecule has 0 atom stereocenters. The predicted molar refractivity (Wildman–Crippen MR) is 79.3 cm³/mol. The highest BCUT2D eigenvalue weighted by molar-refractivity contribution is 14.1. The minimum atomic E-state index is 0.348. The van der Waals surface area contributed by atoms with Crippen molar-refractivity contribution in [2.24, 2.45) is 7.05 Å². The topological polar surface area (TPSA) is 12.1 Å². The summed E-state index contributed by atoms with van der Waals surface area (Å²) in [7, 11) is 2.11. The molecule has 17 heavy (non-hydrogen) atoms. The van der Waals surface area contributed by atoms with Gasteiger partial charge in [0.15, 0.2) is 0 Å². The monoisotopic (exact) mass is 338 g/mol. The van der Waals surface area contributed by atoms with Gasteiger partial charge in [0.2, 0.25) is 0 Å². The van der Waals surface area contributed by atoms with E-state index < -0.39 is 0 Å². The van der Waals surface area contributed by atoms with Crippen LogP contribution in [0.4, 0.5) is 5.69 Å². The van der Waals surface area contributed by atoms with Gasteiger partial charge in [-0.15, -0.1) is 0 Å². The molecule has 1 aliphatic heterocycles. The Hall–Kier alpha value is -0.975. The van der Waals surface area contributed by atoms with E-state index in [1.807, 2.05) is 0 Å². The van der Waals surface area contributed by atoms with Crippen molar-refractivity contribution in [3.05, 3.63) is 36.2 Å². The number of halogens is 1. The predicted octanol–water partition coefficient (Wildman–Crippen LogP) is 2.42. The molecule has 5 heteroatoms. The fourth-order valence-electron chi connectivity index (χ4n) is 2.53. The highest BCUT2D eigenvalue weighted by Gasteiger charge is 2.39. The summed E-state index contributed by atoms with van der Waals surface area (Å²) in [5, 5.41) is 0. The van der Waals surface area contributed by atoms with Gasteiger partial charge >= 0.3 is 6.98 Å². The standard InChI is InChI=1S/C12H14BIN3/c1-9-5-4-6-10-11(9)12-15(3)7-8-16(12)13(2)17(10)14/h4-8H,1-3H3/q+1. The molecule has 1 aromatic heterocycles. The molecule has 0 spiro atoms. The van der Waals surface area contributed by atoms with Gasteiger partial charge in [0, 0.05) is 22.9 Å². The van der Waals surface area contributed by atoms with Crippen LogP contribution < -0.4 is 7.50 Å². The Balaban J connectivity index is 2.39. The number of fused-ring (bicyclic) bond motifs is 3. The number of aryl methyl sites for hydroxylation is 2. The van der Waals surface area contributed by atoms with E-state index in [0.717, 1.165) is 0 Å². The number of benzene rings is 1. The Morgan fingerprint density at radius 1 is 1.35 bits per heavy atom. The van der Waals surface area contributed by atoms with Crippen molar-refractivity contribution in [1.29, 1.82) is 0 Å². The zero-order chi connectivity index (χ0) is 12.2. The van der Waals surface area contributed by atoms with Crippen molar-refractivity contribution in [3.8, 4) is 11.4 Å². The lowest BCUT2D eigenvalue weighted by Crippen LogP contribution is -2.60. The number of hydrogen-bond acceptors (Lipinski definition) is 1. The summed E-state index contributed by atoms with van der Waals surface area (Å²) in [5.41, 5.74) is 3.97. The van der Waals surface area contributed by atoms with Crippen LogP contribution >= 0.6 is 22.9 Å². The van der Waals surface area contributed by atoms with E-state index in [-0.39, 0.29) is 0 Å². The normalized spacial score (nSPS) is 13.6. The van der Waals surface area contributed by atoms with Crippen LogP contribution in [0.2, 0.25) is 6.82 Å². The zero-order valence-electron chi connectivity index (χ0n) is 10.2. The van der Waals surface area contributed by atoms with Gasteiger partial charge in [-0.3, -0.25) is 4.48 Å². The molecular formula is C12H14BIN3+. The van der Waals surface area contributed by atoms with Crippen LogP contribution in [0.1, 0.15) is 5.56 Å². The molecule has 1 aliphatic rings. The lowest BCUT2D eigenvalue weighted by atomic mass is 9.76. The first kappa shape index (κ1) is 11.1. The molecule has 0 bridgehead atoms. The fourth-order valence-corrected chi connectivity index (χ4v) is 3.20. The third kappa shape index (κ3) is 1.44. The molecule has 3 nitrogen and oxygen atoms in total. The minimum Gasteiger partial charge on any atom is -0.315 e. The second-order valence-corrected chi connectivity index (χ2v) is 5.59. The van der Waals surface area contributed by atoms with Gasteiger partial charge in [-0.05, 0) is 25.4 Å². The molecule has 3 rings (SSSR count). The summed E-state index contributed by atoms with van der Waals surface area (Å²) in [4.78, 5) is 0. The molecule has 0 aliphatic carbocycles. The van der Waals surface area contributed by atoms with Gasteiger partial charge in [0.05, 0.1) is 18.3 Å². The van der Waals surface area contributed by atoms with Gasteiger partial charge in [0.1, 0.15) is 12.4 Å². The molecule has 0 unspecified atom stereocenters. The zero-order valence-corrected chi connectivity index (χ0v) is 12.3. The first-order valence-electron chi connectivity index (χ1n) is 5.72. The van der Waals surface area contributed by atoms with Crippen molar-refractivity contribution < 1.29 is 4.48 Å². The van der Waals surface area contributed by atoms with Crippen molar-refractivity contribution in [2.45, 2.75) is 13.7 Å². The molecule has 0 fully saturated rings. The third-order valence-electron chi connectivity index (χ3n) is 3.46. The maximum absolute atomic E-state index is 2.40. The van der Waals surface area contributed by atoms with E-state index in [1.165, 1.54) is 22.6 Å². The van der Waals surface area contributed by atoms with Crippen LogP contribution in [0.3, 0.4) is 0 Å². The van der Waals surface area contributed by atoms with Gasteiger partial charge in [-0.25, -0.2) is 4.57 Å². The molecule has 2 heterocycles. The Morgan fingerprint density at radius 2 is 2.12 bits per heavy atom. The second kappa shape index (κ2) is 3.76. The van der Waals surface area contributed by atoms with Crippen LogP contribution in [0.5, 0.6) is 0 Å². The molecule has 86 valence electrons. The number of hydrogen-bond donors (Lipinski definition) is 0. The largest absolute Gasteiger partial charge is 0.507 e. The van der Waals surface area contributed by atoms with Crippen molar-refractivity contribution >= 4 is 35.5 Å².